The van der Waals surface area contributed by atoms with E-state index in [-0.39, 0.29) is 0 Å². The van der Waals surface area contributed by atoms with E-state index >= 15 is 0 Å². The van der Waals surface area contributed by atoms with Crippen LogP contribution in [0.3, 0.4) is 0 Å². The Bertz CT molecular complexity index is 96.9. The van der Waals surface area contributed by atoms with Crippen LogP contribution in [0.5, 0.6) is 0 Å². The molecule has 10 heavy (non-hydrogen) atoms. The van der Waals surface area contributed by atoms with E-state index in [1.165, 1.54) is 7.05 Å². The van der Waals surface area contributed by atoms with Crippen molar-refractivity contribution in [3.05, 3.63) is 0 Å². The maximum atomic E-state index is 8.91. The highest BCUT2D eigenvalue weighted by Gasteiger charge is 2.33. The minimum atomic E-state index is -3.23. The summed E-state index contributed by atoms with van der Waals surface area (Å²) in [4.78, 5) is 17.8. The molecule has 0 aliphatic carbocycles. The summed E-state index contributed by atoms with van der Waals surface area (Å²) in [6.07, 6.45) is 0. The molecule has 0 amide bonds. The van der Waals surface area contributed by atoms with E-state index in [2.05, 4.69) is 5.09 Å². The first-order chi connectivity index (χ1) is 4.48. The van der Waals surface area contributed by atoms with E-state index in [9.17, 15) is 0 Å². The molecular weight excluding hydrogens is 153 g/mol. The maximum Gasteiger partial charge on any atom is 0.496 e. The molecule has 0 spiro atoms. The van der Waals surface area contributed by atoms with Gasteiger partial charge < -0.3 is 0 Å². The standard InChI is InChI=1S/C5H15NO3P/c1-5(2)4-9-10(7,8)6-3/h5-8H,4H2,1-3H3/q+1. The quantitative estimate of drug-likeness (QED) is 0.536. The second kappa shape index (κ2) is 4.21. The summed E-state index contributed by atoms with van der Waals surface area (Å²) >= 11 is 0. The molecule has 4 nitrogen and oxygen atoms in total. The van der Waals surface area contributed by atoms with Gasteiger partial charge in [-0.1, -0.05) is 13.8 Å². The average Bonchev–Trinajstić information content (AvgIpc) is 1.85. The molecule has 0 fully saturated rings. The molecule has 0 aromatic carbocycles. The molecule has 0 saturated carbocycles. The van der Waals surface area contributed by atoms with Crippen LogP contribution in [0.2, 0.25) is 0 Å². The Hall–Kier alpha value is 0.270. The highest BCUT2D eigenvalue weighted by molar-refractivity contribution is 7.57. The first kappa shape index (κ1) is 10.3. The summed E-state index contributed by atoms with van der Waals surface area (Å²) < 4.78 is 4.75. The van der Waals surface area contributed by atoms with Crippen molar-refractivity contribution < 1.29 is 14.3 Å². The largest absolute Gasteiger partial charge is 0.496 e. The second-order valence-corrected chi connectivity index (χ2v) is 4.25. The summed E-state index contributed by atoms with van der Waals surface area (Å²) in [5.41, 5.74) is 0. The zero-order valence-electron chi connectivity index (χ0n) is 6.53. The lowest BCUT2D eigenvalue weighted by atomic mass is 10.2. The molecule has 0 unspecified atom stereocenters. The Morgan fingerprint density at radius 3 is 2.30 bits per heavy atom. The van der Waals surface area contributed by atoms with Crippen LogP contribution in [-0.2, 0) is 4.52 Å². The maximum absolute atomic E-state index is 8.91. The van der Waals surface area contributed by atoms with Gasteiger partial charge in [-0.15, -0.1) is 5.09 Å². The van der Waals surface area contributed by atoms with Gasteiger partial charge in [0, 0.05) is 7.05 Å². The molecule has 62 valence electrons. The Morgan fingerprint density at radius 1 is 1.50 bits per heavy atom. The minimum Gasteiger partial charge on any atom is -0.178 e. The van der Waals surface area contributed by atoms with Gasteiger partial charge in [-0.3, -0.25) is 0 Å². The highest BCUT2D eigenvalue weighted by atomic mass is 31.2. The van der Waals surface area contributed by atoms with Gasteiger partial charge in [0.05, 0.1) is 0 Å². The van der Waals surface area contributed by atoms with Crippen LogP contribution in [0.1, 0.15) is 13.8 Å². The summed E-state index contributed by atoms with van der Waals surface area (Å²) in [6, 6.07) is 0. The fraction of sp³-hybridized carbons (Fsp3) is 1.00. The molecule has 0 aliphatic rings. The number of nitrogens with one attached hydrogen (secondary N) is 1. The van der Waals surface area contributed by atoms with Crippen molar-refractivity contribution in [3.63, 3.8) is 0 Å². The Morgan fingerprint density at radius 2 is 2.00 bits per heavy atom. The van der Waals surface area contributed by atoms with Crippen LogP contribution >= 0.6 is 8.09 Å². The van der Waals surface area contributed by atoms with Crippen molar-refractivity contribution in [1.82, 2.24) is 5.09 Å². The first-order valence-electron chi connectivity index (χ1n) is 3.16. The molecule has 3 N–H and O–H groups in total. The van der Waals surface area contributed by atoms with Crippen molar-refractivity contribution >= 4 is 8.09 Å². The van der Waals surface area contributed by atoms with Crippen molar-refractivity contribution in [2.45, 2.75) is 13.8 Å². The van der Waals surface area contributed by atoms with Crippen LogP contribution in [-0.4, -0.2) is 23.4 Å². The molecule has 0 aliphatic heterocycles. The van der Waals surface area contributed by atoms with E-state index in [1.807, 2.05) is 13.8 Å². The van der Waals surface area contributed by atoms with Crippen LogP contribution in [0.15, 0.2) is 0 Å². The van der Waals surface area contributed by atoms with Gasteiger partial charge in [0.25, 0.3) is 0 Å². The molecule has 5 heteroatoms. The van der Waals surface area contributed by atoms with E-state index in [0.29, 0.717) is 12.5 Å². The lowest BCUT2D eigenvalue weighted by Crippen LogP contribution is -2.14. The third kappa shape index (κ3) is 5.09. The molecule has 0 heterocycles. The van der Waals surface area contributed by atoms with Crippen molar-refractivity contribution in [2.24, 2.45) is 5.92 Å². The monoisotopic (exact) mass is 168 g/mol. The topological polar surface area (TPSA) is 61.7 Å². The average molecular weight is 168 g/mol. The minimum absolute atomic E-state index is 0.312. The van der Waals surface area contributed by atoms with Gasteiger partial charge in [0.15, 0.2) is 0 Å². The predicted octanol–water partition coefficient (Wildman–Crippen LogP) is 0.541. The van der Waals surface area contributed by atoms with Crippen LogP contribution in [0.25, 0.3) is 0 Å². The SMILES string of the molecule is CN[P+](O)(O)OCC(C)C. The molecule has 0 radical (unpaired) electrons. The Balaban J connectivity index is 3.46. The van der Waals surface area contributed by atoms with Crippen molar-refractivity contribution in [2.75, 3.05) is 13.7 Å². The summed E-state index contributed by atoms with van der Waals surface area (Å²) in [5, 5.41) is 2.30. The lowest BCUT2D eigenvalue weighted by Gasteiger charge is -2.09. The third-order valence-corrected chi connectivity index (χ3v) is 1.97. The Labute approximate surface area is 61.9 Å². The smallest absolute Gasteiger partial charge is 0.178 e. The zero-order valence-corrected chi connectivity index (χ0v) is 7.43. The normalized spacial score (nSPS) is 12.6. The van der Waals surface area contributed by atoms with E-state index < -0.39 is 8.09 Å². The fourth-order valence-electron chi connectivity index (χ4n) is 0.318. The van der Waals surface area contributed by atoms with Gasteiger partial charge in [-0.2, -0.15) is 14.3 Å². The number of hydrogen-bond acceptors (Lipinski definition) is 4. The van der Waals surface area contributed by atoms with Crippen molar-refractivity contribution in [1.29, 1.82) is 0 Å². The fourth-order valence-corrected chi connectivity index (χ4v) is 0.953. The lowest BCUT2D eigenvalue weighted by molar-refractivity contribution is 0.196. The van der Waals surface area contributed by atoms with Crippen LogP contribution in [0, 0.1) is 5.92 Å². The zero-order chi connectivity index (χ0) is 8.20. The summed E-state index contributed by atoms with van der Waals surface area (Å²) in [6.45, 7) is 4.24. The van der Waals surface area contributed by atoms with Gasteiger partial charge in [0.2, 0.25) is 0 Å². The summed E-state index contributed by atoms with van der Waals surface area (Å²) in [5.74, 6) is 0.312. The molecule has 0 atom stereocenters. The number of rotatable bonds is 4. The van der Waals surface area contributed by atoms with Gasteiger partial charge in [-0.05, 0) is 5.92 Å². The summed E-state index contributed by atoms with van der Waals surface area (Å²) in [7, 11) is -1.77. The van der Waals surface area contributed by atoms with Crippen LogP contribution < -0.4 is 5.09 Å². The van der Waals surface area contributed by atoms with Gasteiger partial charge >= 0.3 is 8.09 Å². The van der Waals surface area contributed by atoms with Crippen LogP contribution in [0.4, 0.5) is 0 Å². The predicted molar refractivity (Wildman–Crippen MR) is 41.2 cm³/mol. The highest BCUT2D eigenvalue weighted by Crippen LogP contribution is 2.45. The number of hydrogen-bond donors (Lipinski definition) is 3. The van der Waals surface area contributed by atoms with Crippen molar-refractivity contribution in [3.8, 4) is 0 Å². The molecule has 0 saturated heterocycles. The third-order valence-electron chi connectivity index (χ3n) is 0.879. The van der Waals surface area contributed by atoms with E-state index in [1.54, 1.807) is 0 Å². The first-order valence-corrected chi connectivity index (χ1v) is 4.77. The molecule has 0 bridgehead atoms. The van der Waals surface area contributed by atoms with Gasteiger partial charge in [0.1, 0.15) is 6.61 Å². The van der Waals surface area contributed by atoms with E-state index in [0.717, 1.165) is 0 Å². The van der Waals surface area contributed by atoms with E-state index in [4.69, 9.17) is 14.3 Å². The second-order valence-electron chi connectivity index (χ2n) is 2.46. The molecule has 0 rings (SSSR count). The van der Waals surface area contributed by atoms with Gasteiger partial charge in [-0.25, -0.2) is 0 Å². The molecule has 0 aromatic rings. The molecular formula is C5H15NO3P+. The molecule has 0 aromatic heterocycles. The Kier molecular flexibility index (Phi) is 4.32.